The van der Waals surface area contributed by atoms with Crippen LogP contribution < -0.4 is 4.90 Å². The summed E-state index contributed by atoms with van der Waals surface area (Å²) < 4.78 is 30.6. The Morgan fingerprint density at radius 3 is 2.52 bits per heavy atom. The molecule has 1 N–H and O–H groups in total. The highest BCUT2D eigenvalue weighted by atomic mass is 32.2. The first kappa shape index (κ1) is 16.8. The summed E-state index contributed by atoms with van der Waals surface area (Å²) in [5.41, 5.74) is 2.96. The molecular formula is C16H15N3O3S. The lowest BCUT2D eigenvalue weighted by Crippen LogP contribution is -2.27. The van der Waals surface area contributed by atoms with Gasteiger partial charge in [0.05, 0.1) is 5.75 Å². The molecule has 1 heterocycles. The monoisotopic (exact) mass is 329 g/mol. The number of nitrogens with zero attached hydrogens (tertiary/aromatic N) is 3. The van der Waals surface area contributed by atoms with Crippen molar-refractivity contribution in [2.45, 2.75) is 13.3 Å². The highest BCUT2D eigenvalue weighted by Gasteiger charge is 2.22. The maximum atomic E-state index is 10.9. The second-order valence-corrected chi connectivity index (χ2v) is 6.68. The number of para-hydroxylation sites is 1. The zero-order chi connectivity index (χ0) is 17.0. The Morgan fingerprint density at radius 2 is 1.91 bits per heavy atom. The Balaban J connectivity index is 2.42. The van der Waals surface area contributed by atoms with Crippen LogP contribution in [0.3, 0.4) is 0 Å². The van der Waals surface area contributed by atoms with E-state index >= 15 is 0 Å². The largest absolute Gasteiger partial charge is 0.345 e. The summed E-state index contributed by atoms with van der Waals surface area (Å²) >= 11 is 0. The number of rotatable bonds is 4. The molecule has 1 aromatic rings. The van der Waals surface area contributed by atoms with Gasteiger partial charge in [0.25, 0.3) is 10.1 Å². The third-order valence-corrected chi connectivity index (χ3v) is 4.35. The lowest BCUT2D eigenvalue weighted by Gasteiger charge is -2.32. The van der Waals surface area contributed by atoms with Gasteiger partial charge in [0.2, 0.25) is 0 Å². The van der Waals surface area contributed by atoms with Crippen molar-refractivity contribution in [1.29, 1.82) is 10.5 Å². The van der Waals surface area contributed by atoms with Crippen LogP contribution in [0, 0.1) is 22.7 Å². The third-order valence-electron chi connectivity index (χ3n) is 3.54. The van der Waals surface area contributed by atoms with E-state index in [4.69, 9.17) is 15.1 Å². The maximum absolute atomic E-state index is 10.9. The van der Waals surface area contributed by atoms with Gasteiger partial charge in [-0.3, -0.25) is 4.55 Å². The van der Waals surface area contributed by atoms with Crippen molar-refractivity contribution in [3.8, 4) is 12.1 Å². The topological polar surface area (TPSA) is 105 Å². The molecule has 0 atom stereocenters. The van der Waals surface area contributed by atoms with E-state index < -0.39 is 10.1 Å². The zero-order valence-corrected chi connectivity index (χ0v) is 13.3. The summed E-state index contributed by atoms with van der Waals surface area (Å²) in [6, 6.07) is 11.1. The fraction of sp³-hybridized carbons (Fsp3) is 0.250. The molecule has 0 aliphatic carbocycles. The average molecular weight is 329 g/mol. The van der Waals surface area contributed by atoms with Crippen LogP contribution in [0.2, 0.25) is 0 Å². The lowest BCUT2D eigenvalue weighted by atomic mass is 9.94. The smallest absolute Gasteiger partial charge is 0.264 e. The van der Waals surface area contributed by atoms with Crippen LogP contribution in [0.4, 0.5) is 5.69 Å². The van der Waals surface area contributed by atoms with Crippen molar-refractivity contribution >= 4 is 21.4 Å². The van der Waals surface area contributed by atoms with E-state index in [1.54, 1.807) is 6.08 Å². The summed E-state index contributed by atoms with van der Waals surface area (Å²) in [4.78, 5) is 1.91. The quantitative estimate of drug-likeness (QED) is 0.672. The minimum Gasteiger partial charge on any atom is -0.345 e. The van der Waals surface area contributed by atoms with Crippen LogP contribution in [0.15, 0.2) is 41.6 Å². The molecular weight excluding hydrogens is 314 g/mol. The summed E-state index contributed by atoms with van der Waals surface area (Å²) in [7, 11) is -3.99. The third kappa shape index (κ3) is 3.78. The summed E-state index contributed by atoms with van der Waals surface area (Å²) in [6.07, 6.45) is 2.01. The van der Waals surface area contributed by atoms with Crippen molar-refractivity contribution in [1.82, 2.24) is 0 Å². The average Bonchev–Trinajstić information content (AvgIpc) is 2.50. The SMILES string of the molecule is CC1=CC(=C(C#N)C#N)c2ccccc2N1CCCS(=O)(=O)O. The van der Waals surface area contributed by atoms with Gasteiger partial charge in [-0.15, -0.1) is 0 Å². The number of hydrogen-bond acceptors (Lipinski definition) is 5. The van der Waals surface area contributed by atoms with E-state index in [9.17, 15) is 8.42 Å². The fourth-order valence-electron chi connectivity index (χ4n) is 2.55. The van der Waals surface area contributed by atoms with Gasteiger partial charge < -0.3 is 4.90 Å². The van der Waals surface area contributed by atoms with Gasteiger partial charge in [0.1, 0.15) is 17.7 Å². The van der Waals surface area contributed by atoms with Gasteiger partial charge in [-0.1, -0.05) is 18.2 Å². The van der Waals surface area contributed by atoms with Gasteiger partial charge in [0, 0.05) is 29.1 Å². The van der Waals surface area contributed by atoms with E-state index in [0.717, 1.165) is 16.9 Å². The molecule has 23 heavy (non-hydrogen) atoms. The molecule has 0 spiro atoms. The minimum atomic E-state index is -3.99. The first-order valence-corrected chi connectivity index (χ1v) is 8.53. The number of anilines is 1. The molecule has 0 radical (unpaired) electrons. The van der Waals surface area contributed by atoms with E-state index in [1.165, 1.54) is 0 Å². The van der Waals surface area contributed by atoms with E-state index in [1.807, 2.05) is 48.2 Å². The summed E-state index contributed by atoms with van der Waals surface area (Å²) in [5, 5.41) is 18.2. The Labute approximate surface area is 135 Å². The number of fused-ring (bicyclic) bond motifs is 1. The van der Waals surface area contributed by atoms with Crippen molar-refractivity contribution < 1.29 is 13.0 Å². The highest BCUT2D eigenvalue weighted by Crippen LogP contribution is 2.37. The van der Waals surface area contributed by atoms with Crippen LogP contribution in [-0.2, 0) is 10.1 Å². The zero-order valence-electron chi connectivity index (χ0n) is 12.5. The first-order chi connectivity index (χ1) is 10.9. The predicted molar refractivity (Wildman–Crippen MR) is 86.7 cm³/mol. The number of nitriles is 2. The molecule has 0 amide bonds. The van der Waals surface area contributed by atoms with Gasteiger partial charge >= 0.3 is 0 Å². The van der Waals surface area contributed by atoms with Crippen molar-refractivity contribution in [3.63, 3.8) is 0 Å². The summed E-state index contributed by atoms with van der Waals surface area (Å²) in [5.74, 6) is -0.316. The van der Waals surface area contributed by atoms with Crippen LogP contribution in [0.25, 0.3) is 5.57 Å². The van der Waals surface area contributed by atoms with Crippen LogP contribution in [-0.4, -0.2) is 25.3 Å². The van der Waals surface area contributed by atoms with Crippen molar-refractivity contribution in [2.24, 2.45) is 0 Å². The van der Waals surface area contributed by atoms with Crippen LogP contribution in [0.1, 0.15) is 18.9 Å². The fourth-order valence-corrected chi connectivity index (χ4v) is 3.04. The molecule has 0 saturated heterocycles. The highest BCUT2D eigenvalue weighted by molar-refractivity contribution is 7.85. The Hall–Kier alpha value is -2.61. The molecule has 2 rings (SSSR count). The van der Waals surface area contributed by atoms with Gasteiger partial charge in [-0.05, 0) is 25.5 Å². The molecule has 0 bridgehead atoms. The molecule has 0 fully saturated rings. The Morgan fingerprint density at radius 1 is 1.26 bits per heavy atom. The standard InChI is InChI=1S/C16H15N3O3S/c1-12-9-15(13(10-17)11-18)14-5-2-3-6-16(14)19(12)7-4-8-23(20,21)22/h2-3,5-6,9H,4,7-8H2,1H3,(H,20,21,22). The van der Waals surface area contributed by atoms with Crippen molar-refractivity contribution in [2.75, 3.05) is 17.2 Å². The van der Waals surface area contributed by atoms with Gasteiger partial charge in [-0.25, -0.2) is 0 Å². The van der Waals surface area contributed by atoms with Gasteiger partial charge in [-0.2, -0.15) is 18.9 Å². The van der Waals surface area contributed by atoms with E-state index in [-0.39, 0.29) is 17.7 Å². The second-order valence-electron chi connectivity index (χ2n) is 5.11. The van der Waals surface area contributed by atoms with Gasteiger partial charge in [0.15, 0.2) is 0 Å². The molecule has 118 valence electrons. The second kappa shape index (κ2) is 6.66. The predicted octanol–water partition coefficient (Wildman–Crippen LogP) is 2.49. The molecule has 0 aromatic heterocycles. The van der Waals surface area contributed by atoms with Crippen molar-refractivity contribution in [3.05, 3.63) is 47.2 Å². The summed E-state index contributed by atoms with van der Waals surface area (Å²) in [6.45, 7) is 2.23. The van der Waals surface area contributed by atoms with E-state index in [0.29, 0.717) is 12.1 Å². The van der Waals surface area contributed by atoms with Crippen LogP contribution in [0.5, 0.6) is 0 Å². The number of hydrogen-bond donors (Lipinski definition) is 1. The number of allylic oxidation sites excluding steroid dienone is 4. The molecule has 6 nitrogen and oxygen atoms in total. The minimum absolute atomic E-state index is 0.0365. The normalized spacial score (nSPS) is 13.7. The lowest BCUT2D eigenvalue weighted by molar-refractivity contribution is 0.481. The Kier molecular flexibility index (Phi) is 4.85. The first-order valence-electron chi connectivity index (χ1n) is 6.92. The number of benzene rings is 1. The molecule has 7 heteroatoms. The molecule has 0 unspecified atom stereocenters. The molecule has 1 aromatic carbocycles. The maximum Gasteiger partial charge on any atom is 0.264 e. The molecule has 1 aliphatic rings. The van der Waals surface area contributed by atoms with Crippen LogP contribution >= 0.6 is 0 Å². The Bertz CT molecular complexity index is 855. The van der Waals surface area contributed by atoms with E-state index in [2.05, 4.69) is 0 Å². The molecule has 0 saturated carbocycles. The molecule has 1 aliphatic heterocycles.